The maximum absolute atomic E-state index is 5.99. The van der Waals surface area contributed by atoms with Crippen molar-refractivity contribution in [1.82, 2.24) is 5.32 Å². The number of hydrogen-bond donors (Lipinski definition) is 1. The van der Waals surface area contributed by atoms with Gasteiger partial charge in [-0.15, -0.1) is 0 Å². The third-order valence-corrected chi connectivity index (χ3v) is 2.79. The van der Waals surface area contributed by atoms with E-state index >= 15 is 0 Å². The number of hydrogen-bond acceptors (Lipinski definition) is 2. The lowest BCUT2D eigenvalue weighted by Crippen LogP contribution is -2.24. The van der Waals surface area contributed by atoms with E-state index in [4.69, 9.17) is 16.3 Å². The highest BCUT2D eigenvalue weighted by atomic mass is 79.9. The molecule has 2 nitrogen and oxygen atoms in total. The van der Waals surface area contributed by atoms with Crippen molar-refractivity contribution < 1.29 is 4.74 Å². The Morgan fingerprint density at radius 2 is 2.19 bits per heavy atom. The standard InChI is InChI=1S/C12H17BrClNO/c1-9(2)8-15-5-6-16-12-7-10(13)3-4-11(12)14/h3-4,7,9,15H,5-6,8H2,1-2H3. The lowest BCUT2D eigenvalue weighted by molar-refractivity contribution is 0.311. The van der Waals surface area contributed by atoms with Crippen LogP contribution in [0.2, 0.25) is 5.02 Å². The van der Waals surface area contributed by atoms with E-state index in [1.165, 1.54) is 0 Å². The molecule has 0 bridgehead atoms. The molecular weight excluding hydrogens is 289 g/mol. The zero-order valence-corrected chi connectivity index (χ0v) is 11.9. The van der Waals surface area contributed by atoms with E-state index in [9.17, 15) is 0 Å². The fraction of sp³-hybridized carbons (Fsp3) is 0.500. The SMILES string of the molecule is CC(C)CNCCOc1cc(Br)ccc1Cl. The van der Waals surface area contributed by atoms with Crippen molar-refractivity contribution in [2.75, 3.05) is 19.7 Å². The molecule has 90 valence electrons. The maximum atomic E-state index is 5.99. The summed E-state index contributed by atoms with van der Waals surface area (Å²) in [6.07, 6.45) is 0. The molecule has 1 aromatic rings. The van der Waals surface area contributed by atoms with Gasteiger partial charge >= 0.3 is 0 Å². The Morgan fingerprint density at radius 3 is 2.88 bits per heavy atom. The Kier molecular flexibility index (Phi) is 6.17. The number of ether oxygens (including phenoxy) is 1. The minimum atomic E-state index is 0.628. The summed E-state index contributed by atoms with van der Waals surface area (Å²) < 4.78 is 6.55. The monoisotopic (exact) mass is 305 g/mol. The van der Waals surface area contributed by atoms with Gasteiger partial charge in [0.25, 0.3) is 0 Å². The van der Waals surface area contributed by atoms with Crippen LogP contribution in [0.3, 0.4) is 0 Å². The Hall–Kier alpha value is -0.250. The van der Waals surface area contributed by atoms with Crippen molar-refractivity contribution in [3.8, 4) is 5.75 Å². The highest BCUT2D eigenvalue weighted by Gasteiger charge is 2.01. The van der Waals surface area contributed by atoms with Crippen LogP contribution in [0.4, 0.5) is 0 Å². The molecule has 0 radical (unpaired) electrons. The summed E-state index contributed by atoms with van der Waals surface area (Å²) in [5.41, 5.74) is 0. The minimum Gasteiger partial charge on any atom is -0.491 e. The van der Waals surface area contributed by atoms with Crippen molar-refractivity contribution in [3.05, 3.63) is 27.7 Å². The normalized spacial score (nSPS) is 10.8. The zero-order chi connectivity index (χ0) is 12.0. The van der Waals surface area contributed by atoms with Gasteiger partial charge in [-0.3, -0.25) is 0 Å². The maximum Gasteiger partial charge on any atom is 0.139 e. The summed E-state index contributed by atoms with van der Waals surface area (Å²) in [5.74, 6) is 1.39. The van der Waals surface area contributed by atoms with Gasteiger partial charge in [-0.1, -0.05) is 41.4 Å². The van der Waals surface area contributed by atoms with Gasteiger partial charge in [-0.25, -0.2) is 0 Å². The van der Waals surface area contributed by atoms with Gasteiger partial charge in [0.1, 0.15) is 12.4 Å². The lowest BCUT2D eigenvalue weighted by Gasteiger charge is -2.10. The smallest absolute Gasteiger partial charge is 0.139 e. The van der Waals surface area contributed by atoms with E-state index < -0.39 is 0 Å². The van der Waals surface area contributed by atoms with Crippen molar-refractivity contribution >= 4 is 27.5 Å². The molecule has 0 saturated carbocycles. The number of benzene rings is 1. The first-order valence-electron chi connectivity index (χ1n) is 5.38. The van der Waals surface area contributed by atoms with Crippen molar-refractivity contribution in [1.29, 1.82) is 0 Å². The summed E-state index contributed by atoms with van der Waals surface area (Å²) in [7, 11) is 0. The van der Waals surface area contributed by atoms with E-state index in [2.05, 4.69) is 35.1 Å². The van der Waals surface area contributed by atoms with Gasteiger partial charge in [-0.05, 0) is 30.7 Å². The van der Waals surface area contributed by atoms with Crippen LogP contribution in [-0.4, -0.2) is 19.7 Å². The molecule has 0 spiro atoms. The van der Waals surface area contributed by atoms with Crippen molar-refractivity contribution in [3.63, 3.8) is 0 Å². The lowest BCUT2D eigenvalue weighted by atomic mass is 10.2. The zero-order valence-electron chi connectivity index (χ0n) is 9.59. The molecule has 0 aliphatic carbocycles. The van der Waals surface area contributed by atoms with Crippen molar-refractivity contribution in [2.45, 2.75) is 13.8 Å². The highest BCUT2D eigenvalue weighted by Crippen LogP contribution is 2.27. The van der Waals surface area contributed by atoms with Crippen LogP contribution >= 0.6 is 27.5 Å². The molecule has 0 amide bonds. The second-order valence-corrected chi connectivity index (χ2v) is 5.34. The molecule has 0 fully saturated rings. The Morgan fingerprint density at radius 1 is 1.44 bits per heavy atom. The summed E-state index contributed by atoms with van der Waals surface area (Å²) in [6.45, 7) is 6.83. The quantitative estimate of drug-likeness (QED) is 0.809. The number of nitrogens with one attached hydrogen (secondary N) is 1. The van der Waals surface area contributed by atoms with Crippen LogP contribution in [0.5, 0.6) is 5.75 Å². The summed E-state index contributed by atoms with van der Waals surface area (Å²) >= 11 is 9.38. The molecule has 0 aliphatic heterocycles. The molecule has 0 heterocycles. The molecule has 0 aromatic heterocycles. The van der Waals surface area contributed by atoms with Crippen LogP contribution in [0.1, 0.15) is 13.8 Å². The predicted molar refractivity (Wildman–Crippen MR) is 72.4 cm³/mol. The van der Waals surface area contributed by atoms with Gasteiger partial charge in [-0.2, -0.15) is 0 Å². The Balaban J connectivity index is 2.29. The molecule has 0 aliphatic rings. The Bertz CT molecular complexity index is 331. The topological polar surface area (TPSA) is 21.3 Å². The fourth-order valence-electron chi connectivity index (χ4n) is 1.21. The van der Waals surface area contributed by atoms with Crippen LogP contribution < -0.4 is 10.1 Å². The third-order valence-electron chi connectivity index (χ3n) is 1.98. The Labute approximate surface area is 110 Å². The molecule has 0 saturated heterocycles. The van der Waals surface area contributed by atoms with Crippen LogP contribution in [0, 0.1) is 5.92 Å². The second kappa shape index (κ2) is 7.15. The number of rotatable bonds is 6. The van der Waals surface area contributed by atoms with Gasteiger partial charge < -0.3 is 10.1 Å². The van der Waals surface area contributed by atoms with Crippen LogP contribution in [-0.2, 0) is 0 Å². The molecule has 1 N–H and O–H groups in total. The molecule has 0 atom stereocenters. The largest absolute Gasteiger partial charge is 0.491 e. The summed E-state index contributed by atoms with van der Waals surface area (Å²) in [4.78, 5) is 0. The molecule has 1 rings (SSSR count). The fourth-order valence-corrected chi connectivity index (χ4v) is 1.72. The average molecular weight is 307 g/mol. The average Bonchev–Trinajstić information content (AvgIpc) is 2.22. The van der Waals surface area contributed by atoms with Gasteiger partial charge in [0.05, 0.1) is 5.02 Å². The van der Waals surface area contributed by atoms with E-state index in [0.29, 0.717) is 17.5 Å². The summed E-state index contributed by atoms with van der Waals surface area (Å²) in [5, 5.41) is 3.95. The second-order valence-electron chi connectivity index (χ2n) is 4.02. The van der Waals surface area contributed by atoms with E-state index in [-0.39, 0.29) is 0 Å². The first-order chi connectivity index (χ1) is 7.59. The predicted octanol–water partition coefficient (Wildman–Crippen LogP) is 3.73. The first-order valence-corrected chi connectivity index (χ1v) is 6.55. The van der Waals surface area contributed by atoms with Gasteiger partial charge in [0.2, 0.25) is 0 Å². The third kappa shape index (κ3) is 5.19. The highest BCUT2D eigenvalue weighted by molar-refractivity contribution is 9.10. The van der Waals surface area contributed by atoms with Gasteiger partial charge in [0, 0.05) is 11.0 Å². The van der Waals surface area contributed by atoms with E-state index in [1.807, 2.05) is 18.2 Å². The summed E-state index contributed by atoms with van der Waals surface area (Å²) in [6, 6.07) is 5.60. The first kappa shape index (κ1) is 13.8. The molecular formula is C12H17BrClNO. The minimum absolute atomic E-state index is 0.628. The van der Waals surface area contributed by atoms with E-state index in [1.54, 1.807) is 0 Å². The number of halogens is 2. The van der Waals surface area contributed by atoms with Crippen molar-refractivity contribution in [2.24, 2.45) is 5.92 Å². The molecule has 4 heteroatoms. The van der Waals surface area contributed by atoms with Crippen LogP contribution in [0.25, 0.3) is 0 Å². The molecule has 16 heavy (non-hydrogen) atoms. The van der Waals surface area contributed by atoms with Gasteiger partial charge in [0.15, 0.2) is 0 Å². The van der Waals surface area contributed by atoms with Crippen LogP contribution in [0.15, 0.2) is 22.7 Å². The molecule has 0 unspecified atom stereocenters. The van der Waals surface area contributed by atoms with E-state index in [0.717, 1.165) is 23.3 Å². The molecule has 1 aromatic carbocycles.